The number of fused-ring (bicyclic) bond motifs is 3. The first-order valence-electron chi connectivity index (χ1n) is 14.5. The fourth-order valence-corrected chi connectivity index (χ4v) is 7.85. The molecule has 242 valence electrons. The Balaban J connectivity index is 1.51. The van der Waals surface area contributed by atoms with Crippen molar-refractivity contribution in [3.63, 3.8) is 0 Å². The summed E-state index contributed by atoms with van der Waals surface area (Å²) in [7, 11) is 4.17. The van der Waals surface area contributed by atoms with E-state index in [-0.39, 0.29) is 63.8 Å². The maximum atomic E-state index is 14.3. The van der Waals surface area contributed by atoms with Crippen LogP contribution in [0.15, 0.2) is 63.2 Å². The van der Waals surface area contributed by atoms with Crippen LogP contribution in [-0.4, -0.2) is 59.5 Å². The summed E-state index contributed by atoms with van der Waals surface area (Å²) in [5, 5.41) is 35.3. The lowest BCUT2D eigenvalue weighted by Gasteiger charge is -2.42. The molecule has 0 bridgehead atoms. The number of ketones is 2. The molecule has 2 amide bonds. The van der Waals surface area contributed by atoms with Crippen LogP contribution < -0.4 is 14.5 Å². The summed E-state index contributed by atoms with van der Waals surface area (Å²) in [5.41, 5.74) is -0.571. The Bertz CT molecular complexity index is 1930. The van der Waals surface area contributed by atoms with Gasteiger partial charge in [-0.3, -0.25) is 39.4 Å². The lowest BCUT2D eigenvalue weighted by molar-refractivity contribution is -0.392. The molecular formula is C32H27BrN4O10. The van der Waals surface area contributed by atoms with Crippen LogP contribution in [0.5, 0.6) is 11.5 Å². The predicted octanol–water partition coefficient (Wildman–Crippen LogP) is 4.68. The predicted molar refractivity (Wildman–Crippen MR) is 170 cm³/mol. The van der Waals surface area contributed by atoms with E-state index in [1.54, 1.807) is 12.1 Å². The smallest absolute Gasteiger partial charge is 0.301 e. The van der Waals surface area contributed by atoms with Crippen molar-refractivity contribution in [3.05, 3.63) is 89.0 Å². The van der Waals surface area contributed by atoms with E-state index in [4.69, 9.17) is 4.74 Å². The fourth-order valence-electron chi connectivity index (χ4n) is 7.40. The van der Waals surface area contributed by atoms with Crippen molar-refractivity contribution in [2.75, 3.05) is 31.0 Å². The highest BCUT2D eigenvalue weighted by Gasteiger charge is 2.57. The summed E-state index contributed by atoms with van der Waals surface area (Å²) >= 11 is 3.42. The van der Waals surface area contributed by atoms with E-state index in [0.717, 1.165) is 17.0 Å². The van der Waals surface area contributed by atoms with Crippen molar-refractivity contribution in [3.8, 4) is 11.5 Å². The molecule has 1 N–H and O–H groups in total. The summed E-state index contributed by atoms with van der Waals surface area (Å²) in [6.45, 7) is 1.52. The zero-order chi connectivity index (χ0) is 34.2. The Morgan fingerprint density at radius 1 is 1.00 bits per heavy atom. The average Bonchev–Trinajstić information content (AvgIpc) is 3.28. The SMILES string of the molecule is COc1cc(Br)cc(C2C3=CCC4C(=O)N(c5cc([N+](=O)[O-])c(N(C)C)c([N+](=O)[O-])c5)C(=O)C4C3CC3=C2C(=O)C(C)=CC3=O)c1O. The van der Waals surface area contributed by atoms with Crippen LogP contribution in [0, 0.1) is 38.0 Å². The topological polar surface area (TPSA) is 190 Å². The van der Waals surface area contributed by atoms with Crippen LogP contribution in [0.1, 0.15) is 31.2 Å². The number of halogens is 1. The van der Waals surface area contributed by atoms with Crippen molar-refractivity contribution in [2.45, 2.75) is 25.7 Å². The third-order valence-electron chi connectivity index (χ3n) is 9.32. The van der Waals surface area contributed by atoms with Crippen LogP contribution in [0.3, 0.4) is 0 Å². The number of Topliss-reactive ketones (excluding diaryl/α,β-unsaturated/α-hetero) is 1. The number of nitro benzene ring substituents is 2. The zero-order valence-corrected chi connectivity index (χ0v) is 27.1. The van der Waals surface area contributed by atoms with Gasteiger partial charge in [0.2, 0.25) is 11.8 Å². The number of phenols is 1. The van der Waals surface area contributed by atoms with E-state index in [1.807, 2.05) is 0 Å². The van der Waals surface area contributed by atoms with Crippen LogP contribution in [0.4, 0.5) is 22.7 Å². The minimum Gasteiger partial charge on any atom is -0.504 e. The second-order valence-electron chi connectivity index (χ2n) is 12.0. The molecule has 4 aliphatic rings. The molecule has 2 aromatic carbocycles. The van der Waals surface area contributed by atoms with Crippen molar-refractivity contribution < 1.29 is 38.9 Å². The van der Waals surface area contributed by atoms with Crippen molar-refractivity contribution >= 4 is 62.1 Å². The monoisotopic (exact) mass is 706 g/mol. The number of hydrogen-bond donors (Lipinski definition) is 1. The molecule has 1 fully saturated rings. The molecule has 1 saturated heterocycles. The number of allylic oxidation sites excluding steroid dienone is 6. The molecule has 47 heavy (non-hydrogen) atoms. The number of ether oxygens (including phenoxy) is 1. The highest BCUT2D eigenvalue weighted by Crippen LogP contribution is 2.57. The van der Waals surface area contributed by atoms with Gasteiger partial charge in [0, 0.05) is 58.9 Å². The molecule has 0 radical (unpaired) electrons. The Morgan fingerprint density at radius 3 is 2.21 bits per heavy atom. The fraction of sp³-hybridized carbons (Fsp3) is 0.312. The molecular weight excluding hydrogens is 680 g/mol. The van der Waals surface area contributed by atoms with Gasteiger partial charge in [-0.15, -0.1) is 0 Å². The van der Waals surface area contributed by atoms with Gasteiger partial charge in [-0.25, -0.2) is 4.90 Å². The van der Waals surface area contributed by atoms with Crippen molar-refractivity contribution in [1.29, 1.82) is 0 Å². The summed E-state index contributed by atoms with van der Waals surface area (Å²) < 4.78 is 5.87. The first kappa shape index (κ1) is 31.8. The van der Waals surface area contributed by atoms with Gasteiger partial charge in [-0.2, -0.15) is 0 Å². The Hall–Kier alpha value is -5.18. The summed E-state index contributed by atoms with van der Waals surface area (Å²) in [6, 6.07) is 5.08. The molecule has 1 aliphatic heterocycles. The summed E-state index contributed by atoms with van der Waals surface area (Å²) in [5.74, 6) is -6.15. The summed E-state index contributed by atoms with van der Waals surface area (Å²) in [6.07, 6.45) is 2.96. The van der Waals surface area contributed by atoms with E-state index >= 15 is 0 Å². The molecule has 4 unspecified atom stereocenters. The lowest BCUT2D eigenvalue weighted by atomic mass is 9.59. The van der Waals surface area contributed by atoms with Gasteiger partial charge in [0.05, 0.1) is 34.5 Å². The lowest BCUT2D eigenvalue weighted by Crippen LogP contribution is -2.39. The normalized spacial score (nSPS) is 23.6. The van der Waals surface area contributed by atoms with Gasteiger partial charge >= 0.3 is 11.4 Å². The molecule has 6 rings (SSSR count). The van der Waals surface area contributed by atoms with Crippen molar-refractivity contribution in [2.24, 2.45) is 17.8 Å². The van der Waals surface area contributed by atoms with Crippen molar-refractivity contribution in [1.82, 2.24) is 0 Å². The van der Waals surface area contributed by atoms with Gasteiger partial charge in [-0.1, -0.05) is 27.6 Å². The van der Waals surface area contributed by atoms with E-state index in [9.17, 15) is 44.5 Å². The third kappa shape index (κ3) is 4.75. The zero-order valence-electron chi connectivity index (χ0n) is 25.5. The number of rotatable bonds is 6. The molecule has 0 saturated carbocycles. The average molecular weight is 707 g/mol. The van der Waals surface area contributed by atoms with Crippen LogP contribution in [0.25, 0.3) is 0 Å². The third-order valence-corrected chi connectivity index (χ3v) is 9.78. The standard InChI is InChI=1S/C32H27BrN4O10/c1-13-7-23(38)19-12-18-16(25(27(19)29(13)39)20-8-14(33)9-24(47-4)30(20)40)5-6-17-26(18)32(42)35(31(17)41)15-10-21(36(43)44)28(34(2)3)22(11-15)37(45)46/h5,7-11,17-18,25-26,40H,6,12H2,1-4H3. The van der Waals surface area contributed by atoms with E-state index in [2.05, 4.69) is 15.9 Å². The van der Waals surface area contributed by atoms with Gasteiger partial charge in [0.15, 0.2) is 28.8 Å². The van der Waals surface area contributed by atoms with E-state index in [1.165, 1.54) is 45.2 Å². The quantitative estimate of drug-likeness (QED) is 0.144. The number of benzene rings is 2. The van der Waals surface area contributed by atoms with Gasteiger partial charge in [-0.05, 0) is 43.9 Å². The second-order valence-corrected chi connectivity index (χ2v) is 12.9. The number of hydrogen-bond acceptors (Lipinski definition) is 11. The van der Waals surface area contributed by atoms with Crippen LogP contribution in [-0.2, 0) is 19.2 Å². The number of aromatic hydroxyl groups is 1. The molecule has 4 atom stereocenters. The molecule has 3 aliphatic carbocycles. The van der Waals surface area contributed by atoms with Gasteiger partial charge in [0.25, 0.3) is 0 Å². The maximum Gasteiger partial charge on any atom is 0.301 e. The molecule has 2 aromatic rings. The second kappa shape index (κ2) is 11.3. The van der Waals surface area contributed by atoms with Crippen LogP contribution in [0.2, 0.25) is 0 Å². The molecule has 1 heterocycles. The highest BCUT2D eigenvalue weighted by atomic mass is 79.9. The summed E-state index contributed by atoms with van der Waals surface area (Å²) in [4.78, 5) is 79.6. The molecule has 0 aromatic heterocycles. The number of phenolic OH excluding ortho intramolecular Hbond substituents is 1. The number of methoxy groups -OCH3 is 1. The highest BCUT2D eigenvalue weighted by molar-refractivity contribution is 9.10. The molecule has 15 heteroatoms. The largest absolute Gasteiger partial charge is 0.504 e. The maximum absolute atomic E-state index is 14.3. The molecule has 14 nitrogen and oxygen atoms in total. The molecule has 0 spiro atoms. The number of imide groups is 1. The Kier molecular flexibility index (Phi) is 7.62. The number of anilines is 2. The number of nitrogens with zero attached hydrogens (tertiary/aromatic N) is 4. The van der Waals surface area contributed by atoms with Gasteiger partial charge < -0.3 is 14.7 Å². The first-order valence-corrected chi connectivity index (χ1v) is 15.3. The number of carbonyl (C=O) groups is 4. The van der Waals surface area contributed by atoms with Gasteiger partial charge in [0.1, 0.15) is 0 Å². The minimum absolute atomic E-state index is 0.0412. The number of nitro groups is 2. The van der Waals surface area contributed by atoms with Crippen LogP contribution >= 0.6 is 15.9 Å². The minimum atomic E-state index is -1.06. The van der Waals surface area contributed by atoms with E-state index in [0.29, 0.717) is 10.0 Å². The first-order chi connectivity index (χ1) is 22.2. The number of carbonyl (C=O) groups excluding carboxylic acids is 4. The Labute approximate surface area is 275 Å². The Morgan fingerprint density at radius 2 is 1.64 bits per heavy atom. The number of amides is 2. The van der Waals surface area contributed by atoms with E-state index < -0.39 is 62.5 Å².